The largest absolute Gasteiger partial charge is 0.491 e. The first kappa shape index (κ1) is 17.4. The molecular formula is C20H17BrN4O2. The van der Waals surface area contributed by atoms with Crippen molar-refractivity contribution in [1.29, 1.82) is 0 Å². The zero-order valence-electron chi connectivity index (χ0n) is 14.4. The molecule has 0 aliphatic rings. The van der Waals surface area contributed by atoms with E-state index < -0.39 is 0 Å². The summed E-state index contributed by atoms with van der Waals surface area (Å²) in [5, 5.41) is 12.2. The summed E-state index contributed by atoms with van der Waals surface area (Å²) in [5.41, 5.74) is 3.70. The van der Waals surface area contributed by atoms with E-state index in [9.17, 15) is 4.79 Å². The zero-order valence-corrected chi connectivity index (χ0v) is 16.0. The Bertz CT molecular complexity index is 1150. The Labute approximate surface area is 163 Å². The third-order valence-electron chi connectivity index (χ3n) is 4.25. The molecule has 2 aromatic heterocycles. The van der Waals surface area contributed by atoms with E-state index in [2.05, 4.69) is 43.0 Å². The quantitative estimate of drug-likeness (QED) is 0.321. The second-order valence-corrected chi connectivity index (χ2v) is 6.92. The number of H-pyrrole nitrogens is 2. The number of hydrogen-bond acceptors (Lipinski definition) is 3. The molecule has 1 amide bonds. The Morgan fingerprint density at radius 1 is 1.22 bits per heavy atom. The average Bonchev–Trinajstić information content (AvgIpc) is 3.28. The Balaban J connectivity index is 1.62. The highest BCUT2D eigenvalue weighted by molar-refractivity contribution is 9.10. The predicted octanol–water partition coefficient (Wildman–Crippen LogP) is 4.15. The monoisotopic (exact) mass is 424 g/mol. The number of halogens is 1. The normalized spacial score (nSPS) is 11.0. The third kappa shape index (κ3) is 3.46. The SMILES string of the molecule is C=CC(=O)NCCOc1cccc2[nH]c(-c3n[nH]c4cc(Br)ccc34)cc12. The van der Waals surface area contributed by atoms with Crippen molar-refractivity contribution in [1.82, 2.24) is 20.5 Å². The molecule has 0 bridgehead atoms. The van der Waals surface area contributed by atoms with Crippen molar-refractivity contribution >= 4 is 43.6 Å². The van der Waals surface area contributed by atoms with Gasteiger partial charge in [0.1, 0.15) is 18.1 Å². The van der Waals surface area contributed by atoms with Gasteiger partial charge in [-0.1, -0.05) is 28.6 Å². The van der Waals surface area contributed by atoms with Crippen molar-refractivity contribution in [3.8, 4) is 17.1 Å². The van der Waals surface area contributed by atoms with Gasteiger partial charge in [-0.15, -0.1) is 0 Å². The van der Waals surface area contributed by atoms with Crippen LogP contribution in [-0.4, -0.2) is 34.2 Å². The second-order valence-electron chi connectivity index (χ2n) is 6.01. The first-order valence-electron chi connectivity index (χ1n) is 8.44. The summed E-state index contributed by atoms with van der Waals surface area (Å²) in [6.45, 7) is 4.21. The fourth-order valence-electron chi connectivity index (χ4n) is 2.99. The van der Waals surface area contributed by atoms with E-state index in [0.29, 0.717) is 13.2 Å². The van der Waals surface area contributed by atoms with Crippen LogP contribution in [0.5, 0.6) is 5.75 Å². The highest BCUT2D eigenvalue weighted by Gasteiger charge is 2.13. The van der Waals surface area contributed by atoms with Crippen molar-refractivity contribution in [2.24, 2.45) is 0 Å². The number of aromatic nitrogens is 3. The van der Waals surface area contributed by atoms with Crippen LogP contribution in [-0.2, 0) is 4.79 Å². The Hall–Kier alpha value is -3.06. The van der Waals surface area contributed by atoms with E-state index >= 15 is 0 Å². The second kappa shape index (κ2) is 7.28. The Morgan fingerprint density at radius 2 is 2.11 bits per heavy atom. The number of ether oxygens (including phenoxy) is 1. The number of carbonyl (C=O) groups excluding carboxylic acids is 1. The van der Waals surface area contributed by atoms with Gasteiger partial charge in [-0.05, 0) is 42.5 Å². The van der Waals surface area contributed by atoms with E-state index in [0.717, 1.165) is 43.4 Å². The maximum atomic E-state index is 11.2. The third-order valence-corrected chi connectivity index (χ3v) is 4.74. The zero-order chi connectivity index (χ0) is 18.8. The molecule has 0 spiro atoms. The predicted molar refractivity (Wildman–Crippen MR) is 110 cm³/mol. The molecular weight excluding hydrogens is 408 g/mol. The fraction of sp³-hybridized carbons (Fsp3) is 0.100. The minimum Gasteiger partial charge on any atom is -0.491 e. The van der Waals surface area contributed by atoms with Gasteiger partial charge in [0.15, 0.2) is 0 Å². The molecule has 4 rings (SSSR count). The molecule has 27 heavy (non-hydrogen) atoms. The van der Waals surface area contributed by atoms with E-state index in [4.69, 9.17) is 4.74 Å². The fourth-order valence-corrected chi connectivity index (χ4v) is 3.35. The molecule has 136 valence electrons. The summed E-state index contributed by atoms with van der Waals surface area (Å²) in [6.07, 6.45) is 1.24. The van der Waals surface area contributed by atoms with Gasteiger partial charge in [-0.2, -0.15) is 5.10 Å². The molecule has 0 aliphatic heterocycles. The molecule has 0 fully saturated rings. The van der Waals surface area contributed by atoms with Crippen LogP contribution in [0.15, 0.2) is 59.6 Å². The van der Waals surface area contributed by atoms with Crippen LogP contribution in [0.2, 0.25) is 0 Å². The molecule has 6 nitrogen and oxygen atoms in total. The van der Waals surface area contributed by atoms with Crippen molar-refractivity contribution in [3.05, 3.63) is 59.6 Å². The standard InChI is InChI=1S/C20H17BrN4O2/c1-2-19(26)22-8-9-27-18-5-3-4-15-14(18)11-17(23-15)20-13-7-6-12(21)10-16(13)24-25-20/h2-7,10-11,23H,1,8-9H2,(H,22,26)(H,24,25). The molecule has 0 saturated carbocycles. The number of benzene rings is 2. The maximum Gasteiger partial charge on any atom is 0.243 e. The van der Waals surface area contributed by atoms with Crippen molar-refractivity contribution in [2.75, 3.05) is 13.2 Å². The van der Waals surface area contributed by atoms with Crippen LogP contribution in [0.3, 0.4) is 0 Å². The summed E-state index contributed by atoms with van der Waals surface area (Å²) in [6, 6.07) is 13.9. The van der Waals surface area contributed by atoms with E-state index in [-0.39, 0.29) is 5.91 Å². The minimum absolute atomic E-state index is 0.210. The van der Waals surface area contributed by atoms with Gasteiger partial charge in [0.25, 0.3) is 0 Å². The smallest absolute Gasteiger partial charge is 0.243 e. The lowest BCUT2D eigenvalue weighted by molar-refractivity contribution is -0.116. The number of rotatable bonds is 6. The van der Waals surface area contributed by atoms with E-state index in [1.54, 1.807) is 0 Å². The van der Waals surface area contributed by atoms with Gasteiger partial charge in [0.2, 0.25) is 5.91 Å². The number of nitrogens with zero attached hydrogens (tertiary/aromatic N) is 1. The summed E-state index contributed by atoms with van der Waals surface area (Å²) >= 11 is 3.48. The van der Waals surface area contributed by atoms with Crippen LogP contribution < -0.4 is 10.1 Å². The Morgan fingerprint density at radius 3 is 2.96 bits per heavy atom. The lowest BCUT2D eigenvalue weighted by Crippen LogP contribution is -2.26. The van der Waals surface area contributed by atoms with Crippen LogP contribution in [0.1, 0.15) is 0 Å². The molecule has 2 aromatic carbocycles. The molecule has 4 aromatic rings. The minimum atomic E-state index is -0.210. The Kier molecular flexibility index (Phi) is 4.68. The number of hydrogen-bond donors (Lipinski definition) is 3. The van der Waals surface area contributed by atoms with Gasteiger partial charge in [-0.3, -0.25) is 9.89 Å². The number of nitrogens with one attached hydrogen (secondary N) is 3. The molecule has 0 atom stereocenters. The number of aromatic amines is 2. The van der Waals surface area contributed by atoms with Gasteiger partial charge in [0.05, 0.1) is 17.8 Å². The van der Waals surface area contributed by atoms with Crippen LogP contribution in [0, 0.1) is 0 Å². The molecule has 3 N–H and O–H groups in total. The lowest BCUT2D eigenvalue weighted by atomic mass is 10.1. The van der Waals surface area contributed by atoms with Gasteiger partial charge < -0.3 is 15.0 Å². The molecule has 0 radical (unpaired) electrons. The number of carbonyl (C=O) groups is 1. The van der Waals surface area contributed by atoms with Gasteiger partial charge in [0, 0.05) is 20.8 Å². The van der Waals surface area contributed by atoms with Crippen LogP contribution >= 0.6 is 15.9 Å². The summed E-state index contributed by atoms with van der Waals surface area (Å²) in [4.78, 5) is 14.6. The molecule has 0 aliphatic carbocycles. The summed E-state index contributed by atoms with van der Waals surface area (Å²) in [7, 11) is 0. The summed E-state index contributed by atoms with van der Waals surface area (Å²) in [5.74, 6) is 0.545. The van der Waals surface area contributed by atoms with Crippen molar-refractivity contribution in [3.63, 3.8) is 0 Å². The highest BCUT2D eigenvalue weighted by atomic mass is 79.9. The summed E-state index contributed by atoms with van der Waals surface area (Å²) < 4.78 is 6.85. The molecule has 0 saturated heterocycles. The first-order chi connectivity index (χ1) is 13.2. The van der Waals surface area contributed by atoms with Crippen LogP contribution in [0.4, 0.5) is 0 Å². The van der Waals surface area contributed by atoms with Gasteiger partial charge >= 0.3 is 0 Å². The molecule has 7 heteroatoms. The van der Waals surface area contributed by atoms with Crippen molar-refractivity contribution < 1.29 is 9.53 Å². The maximum absolute atomic E-state index is 11.2. The molecule has 0 unspecified atom stereocenters. The first-order valence-corrected chi connectivity index (χ1v) is 9.24. The number of amides is 1. The average molecular weight is 425 g/mol. The van der Waals surface area contributed by atoms with E-state index in [1.165, 1.54) is 6.08 Å². The number of fused-ring (bicyclic) bond motifs is 2. The van der Waals surface area contributed by atoms with Crippen LogP contribution in [0.25, 0.3) is 33.2 Å². The molecule has 2 heterocycles. The van der Waals surface area contributed by atoms with E-state index in [1.807, 2.05) is 42.5 Å². The topological polar surface area (TPSA) is 82.8 Å². The lowest BCUT2D eigenvalue weighted by Gasteiger charge is -2.07. The highest BCUT2D eigenvalue weighted by Crippen LogP contribution is 2.33. The van der Waals surface area contributed by atoms with Crippen molar-refractivity contribution in [2.45, 2.75) is 0 Å². The van der Waals surface area contributed by atoms with Gasteiger partial charge in [-0.25, -0.2) is 0 Å².